The van der Waals surface area contributed by atoms with Crippen molar-refractivity contribution in [1.29, 1.82) is 10.5 Å². The van der Waals surface area contributed by atoms with Crippen LogP contribution in [0.3, 0.4) is 0 Å². The second kappa shape index (κ2) is 10.8. The number of aromatic nitrogens is 3. The summed E-state index contributed by atoms with van der Waals surface area (Å²) in [5, 5.41) is 21.2. The number of carbonyl (C=O) groups excluding carboxylic acids is 1. The van der Waals surface area contributed by atoms with Crippen molar-refractivity contribution in [3.63, 3.8) is 0 Å². The molecule has 0 spiro atoms. The third-order valence-corrected chi connectivity index (χ3v) is 6.99. The fourth-order valence-corrected chi connectivity index (χ4v) is 4.98. The van der Waals surface area contributed by atoms with Crippen molar-refractivity contribution in [3.8, 4) is 12.1 Å². The molecule has 4 rings (SSSR count). The van der Waals surface area contributed by atoms with Crippen molar-refractivity contribution in [2.45, 2.75) is 45.3 Å². The van der Waals surface area contributed by atoms with Crippen molar-refractivity contribution in [2.24, 2.45) is 7.05 Å². The molecule has 10 heteroatoms. The maximum absolute atomic E-state index is 13.3. The molecule has 3 heterocycles. The van der Waals surface area contributed by atoms with Crippen molar-refractivity contribution < 1.29 is 4.79 Å². The first-order valence-electron chi connectivity index (χ1n) is 12.3. The minimum atomic E-state index is -0.569. The predicted octanol–water partition coefficient (Wildman–Crippen LogP) is 2.18. The van der Waals surface area contributed by atoms with Crippen molar-refractivity contribution in [2.75, 3.05) is 24.5 Å². The molecule has 0 bridgehead atoms. The van der Waals surface area contributed by atoms with Crippen LogP contribution in [0.25, 0.3) is 11.0 Å². The summed E-state index contributed by atoms with van der Waals surface area (Å²) < 4.78 is 1.43. The molecular weight excluding hydrogens is 468 g/mol. The van der Waals surface area contributed by atoms with Gasteiger partial charge < -0.3 is 10.2 Å². The second-order valence-electron chi connectivity index (χ2n) is 9.40. The van der Waals surface area contributed by atoms with E-state index >= 15 is 0 Å². The Balaban J connectivity index is 1.76. The first-order valence-corrected chi connectivity index (χ1v) is 12.3. The van der Waals surface area contributed by atoms with Crippen LogP contribution in [0.5, 0.6) is 0 Å². The van der Waals surface area contributed by atoms with Gasteiger partial charge >= 0.3 is 5.69 Å². The van der Waals surface area contributed by atoms with Gasteiger partial charge in [0.25, 0.3) is 0 Å². The third-order valence-electron chi connectivity index (χ3n) is 6.99. The van der Waals surface area contributed by atoms with Gasteiger partial charge in [0.2, 0.25) is 5.91 Å². The normalized spacial score (nSPS) is 18.7. The van der Waals surface area contributed by atoms with Gasteiger partial charge in [0.1, 0.15) is 29.9 Å². The minimum Gasteiger partial charge on any atom is -0.349 e. The van der Waals surface area contributed by atoms with Gasteiger partial charge in [-0.05, 0) is 38.0 Å². The first-order chi connectivity index (χ1) is 17.8. The molecule has 10 nitrogen and oxygen atoms in total. The molecule has 3 aromatic rings. The smallest absolute Gasteiger partial charge is 0.349 e. The number of hydrogen-bond donors (Lipinski definition) is 1. The van der Waals surface area contributed by atoms with Gasteiger partial charge in [0.05, 0.1) is 11.6 Å². The summed E-state index contributed by atoms with van der Waals surface area (Å²) in [6, 6.07) is 14.5. The summed E-state index contributed by atoms with van der Waals surface area (Å²) >= 11 is 0. The zero-order valence-corrected chi connectivity index (χ0v) is 21.5. The van der Waals surface area contributed by atoms with E-state index in [0.29, 0.717) is 29.9 Å². The van der Waals surface area contributed by atoms with E-state index in [2.05, 4.69) is 38.1 Å². The lowest BCUT2D eigenvalue weighted by Crippen LogP contribution is -2.60. The van der Waals surface area contributed by atoms with Crippen LogP contribution in [-0.2, 0) is 11.8 Å². The summed E-state index contributed by atoms with van der Waals surface area (Å²) in [6.07, 6.45) is 0.747. The molecule has 1 fully saturated rings. The van der Waals surface area contributed by atoms with Gasteiger partial charge in [-0.2, -0.15) is 15.5 Å². The Labute approximate surface area is 215 Å². The van der Waals surface area contributed by atoms with Gasteiger partial charge in [0.15, 0.2) is 5.82 Å². The van der Waals surface area contributed by atoms with E-state index in [-0.39, 0.29) is 30.2 Å². The molecule has 1 aliphatic heterocycles. The standard InChI is InChI=1S/C27H30N8O2/c1-5-21-16-34(25-23-22(33(4)27(37)32-25)11-10-20(14-29)31-23)18(3)15-35(21)24(26(36)30-13-12-28)19-8-6-17(2)7-9-19/h6-11,18,21,24H,5,13,15-16H2,1-4H3,(H,30,36)/t18-,21+,24?/m0/s1. The maximum Gasteiger partial charge on any atom is 0.349 e. The average molecular weight is 499 g/mol. The number of nitriles is 2. The summed E-state index contributed by atoms with van der Waals surface area (Å²) in [7, 11) is 1.64. The lowest BCUT2D eigenvalue weighted by molar-refractivity contribution is -0.128. The lowest BCUT2D eigenvalue weighted by Gasteiger charge is -2.48. The summed E-state index contributed by atoms with van der Waals surface area (Å²) in [5.74, 6) is 0.226. The quantitative estimate of drug-likeness (QED) is 0.512. The Bertz CT molecular complexity index is 1450. The van der Waals surface area contributed by atoms with Gasteiger partial charge in [0, 0.05) is 32.2 Å². The Morgan fingerprint density at radius 1 is 1.16 bits per heavy atom. The van der Waals surface area contributed by atoms with Crippen molar-refractivity contribution in [1.82, 2.24) is 24.8 Å². The van der Waals surface area contributed by atoms with Crippen molar-refractivity contribution in [3.05, 3.63) is 63.7 Å². The van der Waals surface area contributed by atoms with E-state index in [9.17, 15) is 14.9 Å². The predicted molar refractivity (Wildman–Crippen MR) is 140 cm³/mol. The number of piperazine rings is 1. The molecule has 1 saturated heterocycles. The van der Waals surface area contributed by atoms with Gasteiger partial charge in [-0.15, -0.1) is 0 Å². The topological polar surface area (TPSA) is 131 Å². The van der Waals surface area contributed by atoms with Gasteiger partial charge in [-0.3, -0.25) is 14.3 Å². The maximum atomic E-state index is 13.3. The first kappa shape index (κ1) is 25.8. The number of rotatable bonds is 6. The highest BCUT2D eigenvalue weighted by Gasteiger charge is 2.39. The number of pyridine rings is 1. The number of carbonyl (C=O) groups is 1. The molecular formula is C27H30N8O2. The molecule has 190 valence electrons. The van der Waals surface area contributed by atoms with Gasteiger partial charge in [-0.25, -0.2) is 9.78 Å². The number of aryl methyl sites for hydroxylation is 2. The average Bonchev–Trinajstić information content (AvgIpc) is 2.90. The van der Waals surface area contributed by atoms with Crippen molar-refractivity contribution >= 4 is 22.8 Å². The molecule has 0 radical (unpaired) electrons. The van der Waals surface area contributed by atoms with E-state index in [4.69, 9.17) is 5.26 Å². The molecule has 0 saturated carbocycles. The molecule has 2 aromatic heterocycles. The Morgan fingerprint density at radius 2 is 1.89 bits per heavy atom. The van der Waals surface area contributed by atoms with Gasteiger partial charge in [-0.1, -0.05) is 36.8 Å². The fourth-order valence-electron chi connectivity index (χ4n) is 4.98. The van der Waals surface area contributed by atoms with Crippen LogP contribution in [-0.4, -0.2) is 57.1 Å². The number of hydrogen-bond acceptors (Lipinski definition) is 8. The van der Waals surface area contributed by atoms with E-state index in [1.165, 1.54) is 4.57 Å². The molecule has 1 N–H and O–H groups in total. The molecule has 37 heavy (non-hydrogen) atoms. The molecule has 1 aromatic carbocycles. The monoisotopic (exact) mass is 498 g/mol. The number of nitrogens with zero attached hydrogens (tertiary/aromatic N) is 7. The van der Waals surface area contributed by atoms with E-state index in [0.717, 1.165) is 17.5 Å². The third kappa shape index (κ3) is 5.02. The Morgan fingerprint density at radius 3 is 2.54 bits per heavy atom. The zero-order valence-electron chi connectivity index (χ0n) is 21.5. The second-order valence-corrected chi connectivity index (χ2v) is 9.40. The fraction of sp³-hybridized carbons (Fsp3) is 0.407. The van der Waals surface area contributed by atoms with Crippen LogP contribution in [0.15, 0.2) is 41.2 Å². The summed E-state index contributed by atoms with van der Waals surface area (Å²) in [6.45, 7) is 7.05. The molecule has 1 amide bonds. The summed E-state index contributed by atoms with van der Waals surface area (Å²) in [4.78, 5) is 39.1. The number of benzene rings is 1. The highest BCUT2D eigenvalue weighted by Crippen LogP contribution is 2.33. The van der Waals surface area contributed by atoms with Crippen LogP contribution < -0.4 is 15.9 Å². The molecule has 0 aliphatic carbocycles. The minimum absolute atomic E-state index is 0.0459. The Hall–Kier alpha value is -4.28. The molecule has 1 unspecified atom stereocenters. The number of nitrogens with one attached hydrogen (secondary N) is 1. The lowest BCUT2D eigenvalue weighted by atomic mass is 9.96. The SMILES string of the molecule is CC[C@@H]1CN(c2nc(=O)n(C)c3ccc(C#N)nc23)[C@@H](C)CN1C(C(=O)NCC#N)c1ccc(C)cc1. The van der Waals surface area contributed by atoms with Crippen LogP contribution in [0, 0.1) is 29.6 Å². The summed E-state index contributed by atoms with van der Waals surface area (Å²) in [5.41, 5.74) is 2.91. The van der Waals surface area contributed by atoms with Crippen LogP contribution in [0.2, 0.25) is 0 Å². The van der Waals surface area contributed by atoms with E-state index in [1.54, 1.807) is 19.2 Å². The van der Waals surface area contributed by atoms with E-state index in [1.807, 2.05) is 44.2 Å². The molecule has 3 atom stereocenters. The number of fused-ring (bicyclic) bond motifs is 1. The molecule has 1 aliphatic rings. The van der Waals surface area contributed by atoms with E-state index < -0.39 is 11.7 Å². The van der Waals surface area contributed by atoms with Crippen LogP contribution in [0.1, 0.15) is 43.1 Å². The van der Waals surface area contributed by atoms with Crippen LogP contribution >= 0.6 is 0 Å². The Kier molecular flexibility index (Phi) is 7.51. The highest BCUT2D eigenvalue weighted by molar-refractivity contribution is 5.87. The number of anilines is 1. The largest absolute Gasteiger partial charge is 0.349 e. The zero-order chi connectivity index (χ0) is 26.7. The highest BCUT2D eigenvalue weighted by atomic mass is 16.2. The van der Waals surface area contributed by atoms with Crippen LogP contribution in [0.4, 0.5) is 5.82 Å². The number of amides is 1.